The van der Waals surface area contributed by atoms with Crippen LogP contribution in [-0.2, 0) is 0 Å². The fourth-order valence-electron chi connectivity index (χ4n) is 4.87. The second kappa shape index (κ2) is 7.94. The highest BCUT2D eigenvalue weighted by molar-refractivity contribution is 6.28. The van der Waals surface area contributed by atoms with Crippen LogP contribution < -0.4 is 0 Å². The normalized spacial score (nSPS) is 11.1. The lowest BCUT2D eigenvalue weighted by Gasteiger charge is -2.17. The molecule has 6 nitrogen and oxygen atoms in total. The van der Waals surface area contributed by atoms with Crippen LogP contribution in [-0.4, -0.2) is 37.7 Å². The van der Waals surface area contributed by atoms with Crippen molar-refractivity contribution < 1.29 is 28.8 Å². The van der Waals surface area contributed by atoms with Crippen LogP contribution in [0.2, 0.25) is 0 Å². The number of hydrogen-bond donors (Lipinski definition) is 0. The summed E-state index contributed by atoms with van der Waals surface area (Å²) in [4.78, 5) is 72.3. The predicted octanol–water partition coefficient (Wildman–Crippen LogP) is 5.17. The molecule has 0 aliphatic carbocycles. The van der Waals surface area contributed by atoms with E-state index < -0.39 is 0 Å². The Morgan fingerprint density at radius 2 is 0.882 bits per heavy atom. The number of rotatable bonds is 6. The Morgan fingerprint density at radius 3 is 1.47 bits per heavy atom. The van der Waals surface area contributed by atoms with E-state index in [9.17, 15) is 28.8 Å². The largest absolute Gasteiger partial charge is 0.298 e. The van der Waals surface area contributed by atoms with Crippen LogP contribution in [0.25, 0.3) is 43.1 Å². The van der Waals surface area contributed by atoms with Crippen LogP contribution in [0.1, 0.15) is 62.1 Å². The fraction of sp³-hybridized carbons (Fsp3) is 0. The molecule has 5 aromatic carbocycles. The number of aldehydes is 6. The highest BCUT2D eigenvalue weighted by atomic mass is 16.1. The Balaban J connectivity index is 2.14. The first-order chi connectivity index (χ1) is 16.6. The third-order valence-electron chi connectivity index (χ3n) is 6.32. The van der Waals surface area contributed by atoms with E-state index in [4.69, 9.17) is 0 Å². The molecule has 0 fully saturated rings. The molecule has 0 radical (unpaired) electrons. The summed E-state index contributed by atoms with van der Waals surface area (Å²) in [7, 11) is 0. The standard InChI is InChI=1S/C28H14O6/c29-9-21-20-8-18-6-17-5-15-3-1-2-4-16(15)7-19(17)24(12-32)27(18)26(14-34)28(20)25(13-33)23(11-31)22(21)10-30/h1-14H. The van der Waals surface area contributed by atoms with Gasteiger partial charge in [-0.05, 0) is 56.6 Å². The first-order valence-corrected chi connectivity index (χ1v) is 10.3. The van der Waals surface area contributed by atoms with E-state index in [1.807, 2.05) is 36.4 Å². The number of carbonyl (C=O) groups is 6. The molecule has 0 bridgehead atoms. The Bertz CT molecular complexity index is 1760. The Hall–Kier alpha value is -4.84. The van der Waals surface area contributed by atoms with Crippen LogP contribution in [0.3, 0.4) is 0 Å². The molecule has 0 aliphatic heterocycles. The Labute approximate surface area is 191 Å². The molecule has 0 aliphatic rings. The minimum absolute atomic E-state index is 0.00425. The van der Waals surface area contributed by atoms with Crippen molar-refractivity contribution in [2.45, 2.75) is 0 Å². The van der Waals surface area contributed by atoms with Gasteiger partial charge in [-0.2, -0.15) is 0 Å². The van der Waals surface area contributed by atoms with Gasteiger partial charge in [0.05, 0.1) is 0 Å². The molecule has 0 saturated heterocycles. The summed E-state index contributed by atoms with van der Waals surface area (Å²) in [6, 6.07) is 14.8. The highest BCUT2D eigenvalue weighted by Gasteiger charge is 2.23. The zero-order valence-electron chi connectivity index (χ0n) is 17.5. The van der Waals surface area contributed by atoms with E-state index in [0.717, 1.165) is 16.2 Å². The van der Waals surface area contributed by atoms with Crippen LogP contribution in [0.15, 0.2) is 48.5 Å². The first kappa shape index (κ1) is 21.0. The van der Waals surface area contributed by atoms with E-state index in [1.54, 1.807) is 12.1 Å². The van der Waals surface area contributed by atoms with Crippen LogP contribution in [0.5, 0.6) is 0 Å². The minimum atomic E-state index is -0.276. The van der Waals surface area contributed by atoms with Crippen molar-refractivity contribution in [3.63, 3.8) is 0 Å². The molecular weight excluding hydrogens is 432 g/mol. The van der Waals surface area contributed by atoms with Crippen molar-refractivity contribution in [2.24, 2.45) is 0 Å². The highest BCUT2D eigenvalue weighted by Crippen LogP contribution is 2.39. The van der Waals surface area contributed by atoms with Crippen molar-refractivity contribution in [3.05, 3.63) is 81.9 Å². The van der Waals surface area contributed by atoms with Gasteiger partial charge < -0.3 is 0 Å². The smallest absolute Gasteiger partial charge is 0.151 e. The van der Waals surface area contributed by atoms with Gasteiger partial charge in [-0.15, -0.1) is 0 Å². The maximum absolute atomic E-state index is 12.4. The topological polar surface area (TPSA) is 102 Å². The second-order valence-corrected chi connectivity index (χ2v) is 7.88. The molecule has 0 amide bonds. The quantitative estimate of drug-likeness (QED) is 0.263. The maximum atomic E-state index is 12.4. The molecule has 0 unspecified atom stereocenters. The van der Waals surface area contributed by atoms with Crippen LogP contribution in [0, 0.1) is 0 Å². The molecule has 0 saturated carbocycles. The van der Waals surface area contributed by atoms with Crippen molar-refractivity contribution in [1.29, 1.82) is 0 Å². The van der Waals surface area contributed by atoms with Crippen molar-refractivity contribution in [1.82, 2.24) is 0 Å². The number of carbonyl (C=O) groups excluding carboxylic acids is 6. The van der Waals surface area contributed by atoms with Gasteiger partial charge in [-0.3, -0.25) is 28.8 Å². The summed E-state index contributed by atoms with van der Waals surface area (Å²) in [6.45, 7) is 0. The van der Waals surface area contributed by atoms with Gasteiger partial charge in [-0.25, -0.2) is 0 Å². The summed E-state index contributed by atoms with van der Waals surface area (Å²) in [5.41, 5.74) is -0.542. The molecular formula is C28H14O6. The molecule has 5 aromatic rings. The number of benzene rings is 5. The van der Waals surface area contributed by atoms with Gasteiger partial charge in [0.25, 0.3) is 0 Å². The Morgan fingerprint density at radius 1 is 0.382 bits per heavy atom. The first-order valence-electron chi connectivity index (χ1n) is 10.3. The third-order valence-corrected chi connectivity index (χ3v) is 6.32. The predicted molar refractivity (Wildman–Crippen MR) is 129 cm³/mol. The average molecular weight is 446 g/mol. The van der Waals surface area contributed by atoms with E-state index in [0.29, 0.717) is 53.9 Å². The molecule has 0 heterocycles. The Kier molecular flexibility index (Phi) is 4.91. The molecule has 0 N–H and O–H groups in total. The van der Waals surface area contributed by atoms with E-state index >= 15 is 0 Å². The van der Waals surface area contributed by atoms with Crippen molar-refractivity contribution in [3.8, 4) is 0 Å². The van der Waals surface area contributed by atoms with Crippen LogP contribution in [0.4, 0.5) is 0 Å². The molecule has 162 valence electrons. The molecule has 6 heteroatoms. The van der Waals surface area contributed by atoms with Crippen LogP contribution >= 0.6 is 0 Å². The average Bonchev–Trinajstić information content (AvgIpc) is 2.87. The van der Waals surface area contributed by atoms with E-state index in [-0.39, 0.29) is 44.2 Å². The van der Waals surface area contributed by atoms with Gasteiger partial charge in [0.2, 0.25) is 0 Å². The van der Waals surface area contributed by atoms with E-state index in [2.05, 4.69) is 0 Å². The van der Waals surface area contributed by atoms with Crippen molar-refractivity contribution >= 4 is 80.8 Å². The van der Waals surface area contributed by atoms with Crippen molar-refractivity contribution in [2.75, 3.05) is 0 Å². The SMILES string of the molecule is O=Cc1c(C=O)c(C=O)c2c(C=O)c3c(C=O)c4cc5ccccc5cc4cc3cc2c1C=O. The maximum Gasteiger partial charge on any atom is 0.151 e. The molecule has 5 rings (SSSR count). The zero-order valence-corrected chi connectivity index (χ0v) is 17.5. The summed E-state index contributed by atoms with van der Waals surface area (Å²) in [5, 5.41) is 4.23. The number of fused-ring (bicyclic) bond motifs is 4. The van der Waals surface area contributed by atoms with Gasteiger partial charge >= 0.3 is 0 Å². The summed E-state index contributed by atoms with van der Waals surface area (Å²) < 4.78 is 0. The summed E-state index contributed by atoms with van der Waals surface area (Å²) >= 11 is 0. The lowest BCUT2D eigenvalue weighted by atomic mass is 9.84. The third kappa shape index (κ3) is 2.75. The molecule has 0 spiro atoms. The summed E-state index contributed by atoms with van der Waals surface area (Å²) in [5.74, 6) is 0. The van der Waals surface area contributed by atoms with Gasteiger partial charge in [-0.1, -0.05) is 24.3 Å². The van der Waals surface area contributed by atoms with Gasteiger partial charge in [0.15, 0.2) is 37.7 Å². The lowest BCUT2D eigenvalue weighted by molar-refractivity contribution is 0.107. The number of hydrogen-bond acceptors (Lipinski definition) is 6. The minimum Gasteiger partial charge on any atom is -0.298 e. The molecule has 34 heavy (non-hydrogen) atoms. The second-order valence-electron chi connectivity index (χ2n) is 7.88. The molecule has 0 atom stereocenters. The summed E-state index contributed by atoms with van der Waals surface area (Å²) in [6.07, 6.45) is 2.60. The zero-order chi connectivity index (χ0) is 24.0. The monoisotopic (exact) mass is 446 g/mol. The lowest BCUT2D eigenvalue weighted by Crippen LogP contribution is -2.07. The van der Waals surface area contributed by atoms with Gasteiger partial charge in [0, 0.05) is 44.2 Å². The molecule has 0 aromatic heterocycles. The van der Waals surface area contributed by atoms with Gasteiger partial charge in [0.1, 0.15) is 0 Å². The van der Waals surface area contributed by atoms with E-state index in [1.165, 1.54) is 0 Å². The fourth-order valence-corrected chi connectivity index (χ4v) is 4.87.